The summed E-state index contributed by atoms with van der Waals surface area (Å²) in [7, 11) is 1.85. The Balaban J connectivity index is 0.00000192. The molecule has 0 saturated carbocycles. The number of nitrogens with one attached hydrogen (secondary N) is 1. The second-order valence-electron chi connectivity index (χ2n) is 5.79. The van der Waals surface area contributed by atoms with Gasteiger partial charge in [0.2, 0.25) is 0 Å². The van der Waals surface area contributed by atoms with Crippen LogP contribution in [0.4, 0.5) is 0 Å². The molecule has 1 aliphatic rings. The lowest BCUT2D eigenvalue weighted by Gasteiger charge is -2.26. The van der Waals surface area contributed by atoms with Crippen molar-refractivity contribution in [2.24, 2.45) is 0 Å². The summed E-state index contributed by atoms with van der Waals surface area (Å²) in [6.45, 7) is 0.537. The summed E-state index contributed by atoms with van der Waals surface area (Å²) in [4.78, 5) is 0. The second-order valence-corrected chi connectivity index (χ2v) is 6.66. The molecule has 0 spiro atoms. The lowest BCUT2D eigenvalue weighted by molar-refractivity contribution is 0.156. The fraction of sp³-hybridized carbons (Fsp3) is 0.333. The topological polar surface area (TPSA) is 32.3 Å². The van der Waals surface area contributed by atoms with E-state index in [1.54, 1.807) is 0 Å². The van der Waals surface area contributed by atoms with Crippen LogP contribution in [0, 0.1) is 0 Å². The molecular weight excluding hydrogens is 353 g/mol. The van der Waals surface area contributed by atoms with E-state index in [1.807, 2.05) is 43.4 Å². The summed E-state index contributed by atoms with van der Waals surface area (Å²) in [5.74, 6) is -0.0607. The summed E-state index contributed by atoms with van der Waals surface area (Å²) in [6, 6.07) is 11.9. The highest BCUT2D eigenvalue weighted by Gasteiger charge is 2.29. The van der Waals surface area contributed by atoms with Crippen molar-refractivity contribution in [3.8, 4) is 0 Å². The number of hydrogen-bond donors (Lipinski definition) is 2. The van der Waals surface area contributed by atoms with Crippen molar-refractivity contribution in [1.29, 1.82) is 0 Å². The first-order valence-corrected chi connectivity index (χ1v) is 8.25. The van der Waals surface area contributed by atoms with Crippen LogP contribution < -0.4 is 5.32 Å². The SMILES string of the molecule is CNCC(O)C1c2ccc(Cl)cc2CCc2cc(Cl)ccc21.Cl. The molecule has 2 nitrogen and oxygen atoms in total. The Labute approximate surface area is 153 Å². The van der Waals surface area contributed by atoms with Crippen molar-refractivity contribution in [3.63, 3.8) is 0 Å². The molecule has 0 bridgehead atoms. The molecule has 0 fully saturated rings. The second kappa shape index (κ2) is 7.87. The predicted molar refractivity (Wildman–Crippen MR) is 99.3 cm³/mol. The van der Waals surface area contributed by atoms with Gasteiger partial charge in [-0.05, 0) is 66.4 Å². The third-order valence-electron chi connectivity index (χ3n) is 4.34. The van der Waals surface area contributed by atoms with E-state index in [1.165, 1.54) is 11.1 Å². The molecule has 23 heavy (non-hydrogen) atoms. The number of fused-ring (bicyclic) bond motifs is 2. The maximum atomic E-state index is 10.7. The molecule has 3 rings (SSSR count). The highest BCUT2D eigenvalue weighted by molar-refractivity contribution is 6.31. The summed E-state index contributed by atoms with van der Waals surface area (Å²) in [5.41, 5.74) is 4.74. The van der Waals surface area contributed by atoms with Crippen molar-refractivity contribution in [3.05, 3.63) is 68.7 Å². The van der Waals surface area contributed by atoms with E-state index >= 15 is 0 Å². The third-order valence-corrected chi connectivity index (χ3v) is 4.81. The quantitative estimate of drug-likeness (QED) is 0.845. The average molecular weight is 373 g/mol. The van der Waals surface area contributed by atoms with Crippen LogP contribution >= 0.6 is 35.6 Å². The number of halogens is 3. The van der Waals surface area contributed by atoms with E-state index in [0.717, 1.165) is 34.0 Å². The molecule has 0 aromatic heterocycles. The van der Waals surface area contributed by atoms with Crippen molar-refractivity contribution in [1.82, 2.24) is 5.32 Å². The molecule has 0 heterocycles. The highest BCUT2D eigenvalue weighted by Crippen LogP contribution is 2.38. The molecule has 1 unspecified atom stereocenters. The molecule has 0 amide bonds. The van der Waals surface area contributed by atoms with Crippen LogP contribution in [0.3, 0.4) is 0 Å². The van der Waals surface area contributed by atoms with Gasteiger partial charge in [0.05, 0.1) is 6.10 Å². The van der Waals surface area contributed by atoms with E-state index < -0.39 is 6.10 Å². The van der Waals surface area contributed by atoms with Crippen LogP contribution in [0.15, 0.2) is 36.4 Å². The van der Waals surface area contributed by atoms with Crippen molar-refractivity contribution >= 4 is 35.6 Å². The summed E-state index contributed by atoms with van der Waals surface area (Å²) >= 11 is 12.3. The molecule has 0 saturated heterocycles. The molecule has 2 aromatic carbocycles. The molecule has 2 N–H and O–H groups in total. The van der Waals surface area contributed by atoms with Crippen LogP contribution in [0.25, 0.3) is 0 Å². The van der Waals surface area contributed by atoms with E-state index in [-0.39, 0.29) is 18.3 Å². The molecule has 5 heteroatoms. The molecule has 2 aromatic rings. The largest absolute Gasteiger partial charge is 0.391 e. The average Bonchev–Trinajstić information content (AvgIpc) is 2.64. The van der Waals surface area contributed by atoms with E-state index in [0.29, 0.717) is 6.54 Å². The van der Waals surface area contributed by atoms with Crippen molar-refractivity contribution in [2.75, 3.05) is 13.6 Å². The standard InChI is InChI=1S/C18H19Cl2NO.ClH/c1-21-10-17(22)18-15-6-4-13(19)8-11(15)2-3-12-9-14(20)5-7-16(12)18;/h4-9,17-18,21-22H,2-3,10H2,1H3;1H. The minimum absolute atomic E-state index is 0. The fourth-order valence-electron chi connectivity index (χ4n) is 3.37. The molecule has 124 valence electrons. The van der Waals surface area contributed by atoms with Gasteiger partial charge in [-0.15, -0.1) is 12.4 Å². The van der Waals surface area contributed by atoms with Crippen molar-refractivity contribution in [2.45, 2.75) is 24.9 Å². The lowest BCUT2D eigenvalue weighted by atomic mass is 9.84. The van der Waals surface area contributed by atoms with Crippen LogP contribution in [0.5, 0.6) is 0 Å². The van der Waals surface area contributed by atoms with Gasteiger partial charge in [0.1, 0.15) is 0 Å². The number of rotatable bonds is 3. The smallest absolute Gasteiger partial charge is 0.0773 e. The minimum Gasteiger partial charge on any atom is -0.391 e. The Bertz CT molecular complexity index is 636. The molecule has 1 aliphatic carbocycles. The van der Waals surface area contributed by atoms with Crippen LogP contribution in [0.2, 0.25) is 10.0 Å². The zero-order chi connectivity index (χ0) is 15.7. The van der Waals surface area contributed by atoms with Crippen LogP contribution in [-0.4, -0.2) is 24.8 Å². The monoisotopic (exact) mass is 371 g/mol. The number of aliphatic hydroxyl groups excluding tert-OH is 1. The molecule has 0 radical (unpaired) electrons. The van der Waals surface area contributed by atoms with Gasteiger partial charge in [-0.2, -0.15) is 0 Å². The zero-order valence-corrected chi connectivity index (χ0v) is 15.2. The Morgan fingerprint density at radius 2 is 1.52 bits per heavy atom. The third kappa shape index (κ3) is 3.84. The minimum atomic E-state index is -0.497. The van der Waals surface area contributed by atoms with Crippen LogP contribution in [0.1, 0.15) is 28.2 Å². The number of hydrogen-bond acceptors (Lipinski definition) is 2. The summed E-state index contributed by atoms with van der Waals surface area (Å²) in [6.07, 6.45) is 1.32. The summed E-state index contributed by atoms with van der Waals surface area (Å²) < 4.78 is 0. The fourth-order valence-corrected chi connectivity index (χ4v) is 3.76. The Kier molecular flexibility index (Phi) is 6.35. The Morgan fingerprint density at radius 3 is 1.96 bits per heavy atom. The van der Waals surface area contributed by atoms with Gasteiger partial charge in [0.15, 0.2) is 0 Å². The van der Waals surface area contributed by atoms with E-state index in [2.05, 4.69) is 5.32 Å². The first-order valence-electron chi connectivity index (χ1n) is 7.49. The van der Waals surface area contributed by atoms with Gasteiger partial charge < -0.3 is 10.4 Å². The number of aliphatic hydroxyl groups is 1. The normalized spacial score (nSPS) is 15.1. The maximum absolute atomic E-state index is 10.7. The van der Waals surface area contributed by atoms with Crippen molar-refractivity contribution < 1.29 is 5.11 Å². The highest BCUT2D eigenvalue weighted by atomic mass is 35.5. The predicted octanol–water partition coefficient (Wildman–Crippen LogP) is 4.23. The van der Waals surface area contributed by atoms with E-state index in [4.69, 9.17) is 23.2 Å². The van der Waals surface area contributed by atoms with Gasteiger partial charge in [-0.25, -0.2) is 0 Å². The molecular formula is C18H20Cl3NO. The lowest BCUT2D eigenvalue weighted by Crippen LogP contribution is -2.31. The first-order chi connectivity index (χ1) is 10.6. The van der Waals surface area contributed by atoms with Gasteiger partial charge in [0.25, 0.3) is 0 Å². The van der Waals surface area contributed by atoms with Gasteiger partial charge in [-0.3, -0.25) is 0 Å². The van der Waals surface area contributed by atoms with Gasteiger partial charge in [0, 0.05) is 22.5 Å². The van der Waals surface area contributed by atoms with Crippen LogP contribution in [-0.2, 0) is 12.8 Å². The summed E-state index contributed by atoms with van der Waals surface area (Å²) in [5, 5.41) is 15.3. The number of benzene rings is 2. The first kappa shape index (κ1) is 18.6. The Hall–Kier alpha value is -0.770. The van der Waals surface area contributed by atoms with Gasteiger partial charge >= 0.3 is 0 Å². The maximum Gasteiger partial charge on any atom is 0.0773 e. The van der Waals surface area contributed by atoms with Gasteiger partial charge in [-0.1, -0.05) is 35.3 Å². The Morgan fingerprint density at radius 1 is 1.04 bits per heavy atom. The molecule has 1 atom stereocenters. The molecule has 0 aliphatic heterocycles. The number of aryl methyl sites for hydroxylation is 2. The van der Waals surface area contributed by atoms with E-state index in [9.17, 15) is 5.11 Å². The number of likely N-dealkylation sites (N-methyl/N-ethyl adjacent to an activating group) is 1. The zero-order valence-electron chi connectivity index (χ0n) is 12.9.